The van der Waals surface area contributed by atoms with Crippen LogP contribution in [0.4, 0.5) is 5.69 Å². The molecule has 0 radical (unpaired) electrons. The van der Waals surface area contributed by atoms with Crippen LogP contribution in [0, 0.1) is 6.92 Å². The van der Waals surface area contributed by atoms with Crippen LogP contribution in [0.3, 0.4) is 0 Å². The molecule has 0 fully saturated rings. The molecule has 0 unspecified atom stereocenters. The Labute approximate surface area is 117 Å². The smallest absolute Gasteiger partial charge is 0.120 e. The SMILES string of the molecule is Cc1ccc(NCc2ccccc2O)c2cccnc12. The number of fused-ring (bicyclic) bond motifs is 1. The first kappa shape index (κ1) is 12.5. The molecule has 3 rings (SSSR count). The number of anilines is 1. The van der Waals surface area contributed by atoms with E-state index in [0.717, 1.165) is 27.7 Å². The number of phenolic OH excluding ortho intramolecular Hbond substituents is 1. The van der Waals surface area contributed by atoms with E-state index in [9.17, 15) is 5.11 Å². The Morgan fingerprint density at radius 2 is 1.90 bits per heavy atom. The molecule has 0 amide bonds. The standard InChI is InChI=1S/C17H16N2O/c1-12-8-9-15(14-6-4-10-18-17(12)14)19-11-13-5-2-3-7-16(13)20/h2-10,19-20H,11H2,1H3. The van der Waals surface area contributed by atoms with Crippen molar-refractivity contribution in [3.05, 3.63) is 65.9 Å². The molecule has 0 saturated heterocycles. The van der Waals surface area contributed by atoms with E-state index in [2.05, 4.69) is 35.4 Å². The Kier molecular flexibility index (Phi) is 3.25. The number of hydrogen-bond acceptors (Lipinski definition) is 3. The maximum Gasteiger partial charge on any atom is 0.120 e. The van der Waals surface area contributed by atoms with Gasteiger partial charge in [0.25, 0.3) is 0 Å². The van der Waals surface area contributed by atoms with Crippen molar-refractivity contribution >= 4 is 16.6 Å². The quantitative estimate of drug-likeness (QED) is 0.755. The van der Waals surface area contributed by atoms with Crippen LogP contribution in [-0.2, 0) is 6.54 Å². The van der Waals surface area contributed by atoms with Gasteiger partial charge in [-0.25, -0.2) is 0 Å². The summed E-state index contributed by atoms with van der Waals surface area (Å²) in [7, 11) is 0. The molecule has 1 heterocycles. The molecule has 0 aliphatic carbocycles. The summed E-state index contributed by atoms with van der Waals surface area (Å²) in [5.41, 5.74) is 4.08. The van der Waals surface area contributed by atoms with Gasteiger partial charge in [-0.2, -0.15) is 0 Å². The van der Waals surface area contributed by atoms with Crippen LogP contribution in [-0.4, -0.2) is 10.1 Å². The average Bonchev–Trinajstić information content (AvgIpc) is 2.48. The number of nitrogens with one attached hydrogen (secondary N) is 1. The zero-order valence-corrected chi connectivity index (χ0v) is 11.3. The first-order valence-corrected chi connectivity index (χ1v) is 6.61. The molecule has 2 aromatic carbocycles. The van der Waals surface area contributed by atoms with Crippen LogP contribution < -0.4 is 5.32 Å². The van der Waals surface area contributed by atoms with Gasteiger partial charge in [0.2, 0.25) is 0 Å². The lowest BCUT2D eigenvalue weighted by Crippen LogP contribution is -2.01. The van der Waals surface area contributed by atoms with Crippen LogP contribution in [0.2, 0.25) is 0 Å². The second-order valence-corrected chi connectivity index (χ2v) is 4.81. The molecule has 3 nitrogen and oxygen atoms in total. The van der Waals surface area contributed by atoms with Gasteiger partial charge in [0.05, 0.1) is 5.52 Å². The monoisotopic (exact) mass is 264 g/mol. The highest BCUT2D eigenvalue weighted by molar-refractivity contribution is 5.93. The molecular formula is C17H16N2O. The summed E-state index contributed by atoms with van der Waals surface area (Å²) in [6, 6.07) is 15.5. The highest BCUT2D eigenvalue weighted by Crippen LogP contribution is 2.26. The van der Waals surface area contributed by atoms with E-state index in [-0.39, 0.29) is 0 Å². The van der Waals surface area contributed by atoms with Gasteiger partial charge < -0.3 is 10.4 Å². The van der Waals surface area contributed by atoms with Crippen molar-refractivity contribution in [3.63, 3.8) is 0 Å². The molecule has 20 heavy (non-hydrogen) atoms. The third-order valence-corrected chi connectivity index (χ3v) is 3.43. The number of pyridine rings is 1. The number of para-hydroxylation sites is 1. The molecule has 3 heteroatoms. The van der Waals surface area contributed by atoms with Crippen molar-refractivity contribution in [1.29, 1.82) is 0 Å². The van der Waals surface area contributed by atoms with Gasteiger partial charge in [0.1, 0.15) is 5.75 Å². The number of phenols is 1. The minimum absolute atomic E-state index is 0.314. The molecule has 0 atom stereocenters. The zero-order valence-electron chi connectivity index (χ0n) is 11.3. The van der Waals surface area contributed by atoms with Gasteiger partial charge in [-0.15, -0.1) is 0 Å². The Morgan fingerprint density at radius 1 is 1.05 bits per heavy atom. The fraction of sp³-hybridized carbons (Fsp3) is 0.118. The van der Waals surface area contributed by atoms with E-state index in [1.807, 2.05) is 30.5 Å². The van der Waals surface area contributed by atoms with E-state index >= 15 is 0 Å². The number of nitrogens with zero attached hydrogens (tertiary/aromatic N) is 1. The first-order valence-electron chi connectivity index (χ1n) is 6.61. The Hall–Kier alpha value is -2.55. The van der Waals surface area contributed by atoms with Crippen molar-refractivity contribution in [2.45, 2.75) is 13.5 Å². The molecule has 0 bridgehead atoms. The van der Waals surface area contributed by atoms with Gasteiger partial charge in [-0.3, -0.25) is 4.98 Å². The summed E-state index contributed by atoms with van der Waals surface area (Å²) in [6.07, 6.45) is 1.81. The van der Waals surface area contributed by atoms with Crippen LogP contribution in [0.25, 0.3) is 10.9 Å². The zero-order chi connectivity index (χ0) is 13.9. The van der Waals surface area contributed by atoms with E-state index in [1.165, 1.54) is 0 Å². The Balaban J connectivity index is 1.92. The third kappa shape index (κ3) is 2.30. The van der Waals surface area contributed by atoms with Crippen molar-refractivity contribution in [2.24, 2.45) is 0 Å². The molecule has 2 N–H and O–H groups in total. The van der Waals surface area contributed by atoms with Gasteiger partial charge in [-0.05, 0) is 36.8 Å². The lowest BCUT2D eigenvalue weighted by molar-refractivity contribution is 0.469. The number of aromatic hydroxyl groups is 1. The second-order valence-electron chi connectivity index (χ2n) is 4.81. The predicted octanol–water partition coefficient (Wildman–Crippen LogP) is 3.86. The van der Waals surface area contributed by atoms with E-state index in [0.29, 0.717) is 12.3 Å². The molecular weight excluding hydrogens is 248 g/mol. The van der Waals surface area contributed by atoms with Crippen LogP contribution in [0.1, 0.15) is 11.1 Å². The lowest BCUT2D eigenvalue weighted by Gasteiger charge is -2.11. The summed E-state index contributed by atoms with van der Waals surface area (Å²) >= 11 is 0. The normalized spacial score (nSPS) is 10.7. The third-order valence-electron chi connectivity index (χ3n) is 3.43. The highest BCUT2D eigenvalue weighted by atomic mass is 16.3. The highest BCUT2D eigenvalue weighted by Gasteiger charge is 2.05. The summed E-state index contributed by atoms with van der Waals surface area (Å²) in [5, 5.41) is 14.3. The topological polar surface area (TPSA) is 45.1 Å². The minimum Gasteiger partial charge on any atom is -0.508 e. The Morgan fingerprint density at radius 3 is 2.75 bits per heavy atom. The van der Waals surface area contributed by atoms with Crippen LogP contribution in [0.15, 0.2) is 54.7 Å². The molecule has 100 valence electrons. The maximum absolute atomic E-state index is 9.79. The molecule has 0 spiro atoms. The Bertz CT molecular complexity index is 753. The van der Waals surface area contributed by atoms with E-state index in [1.54, 1.807) is 6.07 Å². The number of rotatable bonds is 3. The number of aryl methyl sites for hydroxylation is 1. The van der Waals surface area contributed by atoms with Crippen molar-refractivity contribution in [1.82, 2.24) is 4.98 Å². The summed E-state index contributed by atoms with van der Waals surface area (Å²) < 4.78 is 0. The van der Waals surface area contributed by atoms with Crippen LogP contribution in [0.5, 0.6) is 5.75 Å². The summed E-state index contributed by atoms with van der Waals surface area (Å²) in [5.74, 6) is 0.314. The second kappa shape index (κ2) is 5.21. The minimum atomic E-state index is 0.314. The number of aromatic nitrogens is 1. The van der Waals surface area contributed by atoms with Crippen LogP contribution >= 0.6 is 0 Å². The van der Waals surface area contributed by atoms with Gasteiger partial charge >= 0.3 is 0 Å². The van der Waals surface area contributed by atoms with Crippen molar-refractivity contribution < 1.29 is 5.11 Å². The number of hydrogen-bond donors (Lipinski definition) is 2. The lowest BCUT2D eigenvalue weighted by atomic mass is 10.1. The fourth-order valence-corrected chi connectivity index (χ4v) is 2.32. The number of benzene rings is 2. The molecule has 1 aromatic heterocycles. The summed E-state index contributed by atoms with van der Waals surface area (Å²) in [6.45, 7) is 2.64. The summed E-state index contributed by atoms with van der Waals surface area (Å²) in [4.78, 5) is 4.42. The fourth-order valence-electron chi connectivity index (χ4n) is 2.32. The maximum atomic E-state index is 9.79. The van der Waals surface area contributed by atoms with Gasteiger partial charge in [0.15, 0.2) is 0 Å². The van der Waals surface area contributed by atoms with Gasteiger partial charge in [0, 0.05) is 29.4 Å². The van der Waals surface area contributed by atoms with Gasteiger partial charge in [-0.1, -0.05) is 24.3 Å². The van der Waals surface area contributed by atoms with E-state index < -0.39 is 0 Å². The first-order chi connectivity index (χ1) is 9.75. The largest absolute Gasteiger partial charge is 0.508 e. The molecule has 0 aliphatic rings. The average molecular weight is 264 g/mol. The van der Waals surface area contributed by atoms with Crippen molar-refractivity contribution in [2.75, 3.05) is 5.32 Å². The predicted molar refractivity (Wildman–Crippen MR) is 81.9 cm³/mol. The van der Waals surface area contributed by atoms with Crippen molar-refractivity contribution in [3.8, 4) is 5.75 Å². The molecule has 3 aromatic rings. The molecule has 0 saturated carbocycles. The molecule has 0 aliphatic heterocycles. The van der Waals surface area contributed by atoms with E-state index in [4.69, 9.17) is 0 Å².